The van der Waals surface area contributed by atoms with Crippen molar-refractivity contribution < 1.29 is 9.59 Å². The lowest BCUT2D eigenvalue weighted by atomic mass is 10.0. The van der Waals surface area contributed by atoms with Gasteiger partial charge in [0.25, 0.3) is 5.91 Å². The Labute approximate surface area is 219 Å². The molecular weight excluding hydrogens is 472 g/mol. The summed E-state index contributed by atoms with van der Waals surface area (Å²) in [4.78, 5) is 30.2. The molecule has 1 atom stereocenters. The van der Waals surface area contributed by atoms with Crippen LogP contribution in [0.3, 0.4) is 0 Å². The van der Waals surface area contributed by atoms with E-state index < -0.39 is 0 Å². The number of nitrogens with one attached hydrogen (secondary N) is 2. The first-order valence-electron chi connectivity index (χ1n) is 12.0. The first-order chi connectivity index (χ1) is 17.0. The lowest BCUT2D eigenvalue weighted by molar-refractivity contribution is 0.102. The monoisotopic (exact) mass is 506 g/mol. The number of benzene rings is 3. The Morgan fingerprint density at radius 3 is 2.19 bits per heavy atom. The molecule has 0 radical (unpaired) electrons. The first kappa shape index (κ1) is 27.1. The average Bonchev–Trinajstić information content (AvgIpc) is 2.81. The van der Waals surface area contributed by atoms with E-state index in [9.17, 15) is 9.59 Å². The normalized spacial score (nSPS) is 12.0. The molecule has 0 saturated carbocycles. The van der Waals surface area contributed by atoms with Crippen LogP contribution in [0.1, 0.15) is 55.2 Å². The number of halogens is 1. The molecule has 6 nitrogen and oxygen atoms in total. The average molecular weight is 507 g/mol. The molecule has 0 aromatic heterocycles. The molecule has 0 saturated heterocycles. The van der Waals surface area contributed by atoms with E-state index in [-0.39, 0.29) is 23.5 Å². The largest absolute Gasteiger partial charge is 0.377 e. The maximum atomic E-state index is 13.5. The van der Waals surface area contributed by atoms with Crippen LogP contribution in [-0.2, 0) is 6.54 Å². The molecule has 36 heavy (non-hydrogen) atoms. The number of carbonyl (C=O) groups excluding carboxylic acids is 2. The van der Waals surface area contributed by atoms with Gasteiger partial charge in [0.05, 0.1) is 23.2 Å². The van der Waals surface area contributed by atoms with Crippen molar-refractivity contribution in [3.8, 4) is 0 Å². The van der Waals surface area contributed by atoms with Gasteiger partial charge in [-0.2, -0.15) is 0 Å². The number of carbonyl (C=O) groups is 2. The van der Waals surface area contributed by atoms with Gasteiger partial charge in [0.2, 0.25) is 0 Å². The second kappa shape index (κ2) is 11.5. The molecule has 3 aromatic carbocycles. The lowest BCUT2D eigenvalue weighted by Crippen LogP contribution is -2.49. The zero-order chi connectivity index (χ0) is 26.5. The van der Waals surface area contributed by atoms with Crippen LogP contribution in [0.5, 0.6) is 0 Å². The molecule has 0 aliphatic heterocycles. The minimum absolute atomic E-state index is 0.158. The Balaban J connectivity index is 1.96. The van der Waals surface area contributed by atoms with Gasteiger partial charge in [0, 0.05) is 31.0 Å². The fourth-order valence-electron chi connectivity index (χ4n) is 3.94. The number of hydrogen-bond donors (Lipinski definition) is 2. The van der Waals surface area contributed by atoms with Crippen molar-refractivity contribution in [2.45, 2.75) is 45.8 Å². The number of hydrogen-bond acceptors (Lipinski definition) is 3. The second-order valence-corrected chi connectivity index (χ2v) is 10.5. The quantitative estimate of drug-likeness (QED) is 0.373. The number of anilines is 2. The molecule has 0 fully saturated rings. The van der Waals surface area contributed by atoms with Crippen molar-refractivity contribution in [2.75, 3.05) is 24.3 Å². The minimum Gasteiger partial charge on any atom is -0.377 e. The molecular formula is C29H35ClN4O2. The van der Waals surface area contributed by atoms with Crippen LogP contribution in [0.25, 0.3) is 0 Å². The summed E-state index contributed by atoms with van der Waals surface area (Å²) in [6.07, 6.45) is 0. The van der Waals surface area contributed by atoms with E-state index in [1.165, 1.54) is 0 Å². The Morgan fingerprint density at radius 2 is 1.58 bits per heavy atom. The molecule has 2 N–H and O–H groups in total. The van der Waals surface area contributed by atoms with E-state index in [1.54, 1.807) is 24.3 Å². The van der Waals surface area contributed by atoms with Crippen LogP contribution >= 0.6 is 11.6 Å². The molecule has 190 valence electrons. The molecule has 0 bridgehead atoms. The maximum absolute atomic E-state index is 13.5. The van der Waals surface area contributed by atoms with Crippen molar-refractivity contribution >= 4 is 34.9 Å². The van der Waals surface area contributed by atoms with Crippen LogP contribution in [0.4, 0.5) is 16.2 Å². The molecule has 7 heteroatoms. The van der Waals surface area contributed by atoms with E-state index in [0.29, 0.717) is 22.8 Å². The summed E-state index contributed by atoms with van der Waals surface area (Å²) in [5.74, 6) is -0.288. The third-order valence-corrected chi connectivity index (χ3v) is 6.10. The standard InChI is InChI=1S/C29H35ClN4O2/c1-20(21-12-8-7-9-13-21)34(28(36)32-29(2,3)4)19-22-18-23(16-17-26(22)33(5)6)31-27(35)24-14-10-11-15-25(24)30/h7-18,20H,19H2,1-6H3,(H,31,35)(H,32,36). The van der Waals surface area contributed by atoms with Crippen LogP contribution in [-0.4, -0.2) is 36.5 Å². The van der Waals surface area contributed by atoms with Crippen LogP contribution in [0.15, 0.2) is 72.8 Å². The van der Waals surface area contributed by atoms with E-state index in [4.69, 9.17) is 11.6 Å². The zero-order valence-corrected chi connectivity index (χ0v) is 22.6. The van der Waals surface area contributed by atoms with Gasteiger partial charge in [-0.15, -0.1) is 0 Å². The van der Waals surface area contributed by atoms with Gasteiger partial charge in [0.1, 0.15) is 0 Å². The topological polar surface area (TPSA) is 64.7 Å². The molecule has 3 amide bonds. The lowest BCUT2D eigenvalue weighted by Gasteiger charge is -2.34. The summed E-state index contributed by atoms with van der Waals surface area (Å²) in [6, 6.07) is 22.3. The third kappa shape index (κ3) is 7.01. The zero-order valence-electron chi connectivity index (χ0n) is 21.8. The summed E-state index contributed by atoms with van der Waals surface area (Å²) in [5.41, 5.74) is 3.55. The van der Waals surface area contributed by atoms with Gasteiger partial charge in [-0.25, -0.2) is 4.79 Å². The molecule has 1 unspecified atom stereocenters. The molecule has 3 aromatic rings. The van der Waals surface area contributed by atoms with E-state index in [1.807, 2.05) is 100 Å². The minimum atomic E-state index is -0.388. The summed E-state index contributed by atoms with van der Waals surface area (Å²) in [6.45, 7) is 8.27. The number of urea groups is 1. The van der Waals surface area contributed by atoms with Crippen molar-refractivity contribution in [1.29, 1.82) is 0 Å². The maximum Gasteiger partial charge on any atom is 0.318 e. The Morgan fingerprint density at radius 1 is 0.944 bits per heavy atom. The Hall–Kier alpha value is -3.51. The predicted molar refractivity (Wildman–Crippen MR) is 149 cm³/mol. The highest BCUT2D eigenvalue weighted by Crippen LogP contribution is 2.29. The van der Waals surface area contributed by atoms with Gasteiger partial charge in [0.15, 0.2) is 0 Å². The van der Waals surface area contributed by atoms with Crippen molar-refractivity contribution in [3.63, 3.8) is 0 Å². The fraction of sp³-hybridized carbons (Fsp3) is 0.310. The highest BCUT2D eigenvalue weighted by Gasteiger charge is 2.26. The van der Waals surface area contributed by atoms with E-state index in [0.717, 1.165) is 16.8 Å². The Kier molecular flexibility index (Phi) is 8.64. The smallest absolute Gasteiger partial charge is 0.318 e. The Bertz CT molecular complexity index is 1210. The highest BCUT2D eigenvalue weighted by molar-refractivity contribution is 6.34. The predicted octanol–water partition coefficient (Wildman–Crippen LogP) is 6.73. The number of rotatable bonds is 7. The second-order valence-electron chi connectivity index (χ2n) is 10.1. The van der Waals surface area contributed by atoms with Crippen molar-refractivity contribution in [2.24, 2.45) is 0 Å². The van der Waals surface area contributed by atoms with Gasteiger partial charge in [-0.1, -0.05) is 54.1 Å². The van der Waals surface area contributed by atoms with Gasteiger partial charge < -0.3 is 20.4 Å². The molecule has 0 aliphatic rings. The summed E-state index contributed by atoms with van der Waals surface area (Å²) >= 11 is 6.21. The van der Waals surface area contributed by atoms with Crippen LogP contribution < -0.4 is 15.5 Å². The van der Waals surface area contributed by atoms with Gasteiger partial charge in [-0.3, -0.25) is 4.79 Å². The van der Waals surface area contributed by atoms with Crippen LogP contribution in [0.2, 0.25) is 5.02 Å². The van der Waals surface area contributed by atoms with Gasteiger partial charge >= 0.3 is 6.03 Å². The molecule has 0 spiro atoms. The van der Waals surface area contributed by atoms with E-state index >= 15 is 0 Å². The molecule has 3 rings (SSSR count). The molecule has 0 aliphatic carbocycles. The summed E-state index contributed by atoms with van der Waals surface area (Å²) in [7, 11) is 3.92. The van der Waals surface area contributed by atoms with Gasteiger partial charge in [-0.05, 0) is 69.2 Å². The van der Waals surface area contributed by atoms with E-state index in [2.05, 4.69) is 10.6 Å². The first-order valence-corrected chi connectivity index (χ1v) is 12.3. The summed E-state index contributed by atoms with van der Waals surface area (Å²) in [5, 5.41) is 6.44. The third-order valence-electron chi connectivity index (χ3n) is 5.77. The SMILES string of the molecule is CC(c1ccccc1)N(Cc1cc(NC(=O)c2ccccc2Cl)ccc1N(C)C)C(=O)NC(C)(C)C. The highest BCUT2D eigenvalue weighted by atomic mass is 35.5. The van der Waals surface area contributed by atoms with Crippen LogP contribution in [0, 0.1) is 0 Å². The van der Waals surface area contributed by atoms with Crippen molar-refractivity contribution in [3.05, 3.63) is 94.5 Å². The molecule has 0 heterocycles. The number of amides is 3. The number of nitrogens with zero attached hydrogens (tertiary/aromatic N) is 2. The summed E-state index contributed by atoms with van der Waals surface area (Å²) < 4.78 is 0. The fourth-order valence-corrected chi connectivity index (χ4v) is 4.16. The van der Waals surface area contributed by atoms with Crippen molar-refractivity contribution in [1.82, 2.24) is 10.2 Å².